The molecular weight excluding hydrogens is 180 g/mol. The average Bonchev–Trinajstić information content (AvgIpc) is 2.82. The second kappa shape index (κ2) is 4.75. The molecule has 2 rings (SSSR count). The van der Waals surface area contributed by atoms with Crippen LogP contribution in [0.1, 0.15) is 25.7 Å². The summed E-state index contributed by atoms with van der Waals surface area (Å²) >= 11 is 0. The summed E-state index contributed by atoms with van der Waals surface area (Å²) in [5, 5.41) is 6.06. The summed E-state index contributed by atoms with van der Waals surface area (Å²) < 4.78 is 5.43. The van der Waals surface area contributed by atoms with Gasteiger partial charge in [0.15, 0.2) is 0 Å². The van der Waals surface area contributed by atoms with Crippen LogP contribution < -0.4 is 10.6 Å². The first-order chi connectivity index (χ1) is 6.84. The Kier molecular flexibility index (Phi) is 3.37. The molecule has 2 fully saturated rings. The van der Waals surface area contributed by atoms with Gasteiger partial charge in [0.25, 0.3) is 0 Å². The molecule has 1 heterocycles. The Labute approximate surface area is 84.4 Å². The summed E-state index contributed by atoms with van der Waals surface area (Å²) in [5.74, 6) is 0.116. The molecule has 1 saturated carbocycles. The van der Waals surface area contributed by atoms with Gasteiger partial charge >= 0.3 is 0 Å². The number of hydrogen-bond donors (Lipinski definition) is 2. The number of hydrogen-bond acceptors (Lipinski definition) is 3. The topological polar surface area (TPSA) is 50.4 Å². The zero-order valence-corrected chi connectivity index (χ0v) is 8.42. The summed E-state index contributed by atoms with van der Waals surface area (Å²) in [6, 6.07) is 0.465. The summed E-state index contributed by atoms with van der Waals surface area (Å²) in [6.07, 6.45) is 4.90. The predicted octanol–water partition coefficient (Wildman–Crippen LogP) is 0.0336. The predicted molar refractivity (Wildman–Crippen MR) is 53.0 cm³/mol. The second-order valence-corrected chi connectivity index (χ2v) is 4.11. The maximum atomic E-state index is 11.3. The van der Waals surface area contributed by atoms with Gasteiger partial charge in [-0.1, -0.05) is 0 Å². The molecule has 1 aliphatic carbocycles. The average molecular weight is 198 g/mol. The third-order valence-corrected chi connectivity index (χ3v) is 2.62. The minimum Gasteiger partial charge on any atom is -0.377 e. The van der Waals surface area contributed by atoms with Gasteiger partial charge in [0.05, 0.1) is 12.6 Å². The van der Waals surface area contributed by atoms with Gasteiger partial charge in [-0.15, -0.1) is 0 Å². The van der Waals surface area contributed by atoms with Crippen LogP contribution in [0, 0.1) is 0 Å². The van der Waals surface area contributed by atoms with E-state index in [9.17, 15) is 4.79 Å². The summed E-state index contributed by atoms with van der Waals surface area (Å²) in [4.78, 5) is 11.3. The van der Waals surface area contributed by atoms with E-state index in [0.717, 1.165) is 38.8 Å². The van der Waals surface area contributed by atoms with E-state index in [0.29, 0.717) is 18.7 Å². The Morgan fingerprint density at radius 2 is 2.21 bits per heavy atom. The maximum absolute atomic E-state index is 11.3. The minimum atomic E-state index is 0.116. The lowest BCUT2D eigenvalue weighted by Gasteiger charge is -2.10. The molecule has 2 N–H and O–H groups in total. The first kappa shape index (κ1) is 9.93. The monoisotopic (exact) mass is 198 g/mol. The van der Waals surface area contributed by atoms with Crippen molar-refractivity contribution in [2.45, 2.75) is 37.8 Å². The third kappa shape index (κ3) is 3.27. The Morgan fingerprint density at radius 3 is 2.86 bits per heavy atom. The van der Waals surface area contributed by atoms with E-state index in [-0.39, 0.29) is 5.91 Å². The number of nitrogens with one attached hydrogen (secondary N) is 2. The van der Waals surface area contributed by atoms with Crippen LogP contribution in [0.2, 0.25) is 0 Å². The molecule has 0 radical (unpaired) electrons. The van der Waals surface area contributed by atoms with Crippen molar-refractivity contribution in [3.05, 3.63) is 0 Å². The van der Waals surface area contributed by atoms with Gasteiger partial charge in [0.1, 0.15) is 0 Å². The van der Waals surface area contributed by atoms with E-state index in [1.807, 2.05) is 0 Å². The summed E-state index contributed by atoms with van der Waals surface area (Å²) in [7, 11) is 0. The molecule has 1 amide bonds. The van der Waals surface area contributed by atoms with Gasteiger partial charge < -0.3 is 15.4 Å². The molecule has 2 aliphatic rings. The van der Waals surface area contributed by atoms with Crippen LogP contribution in [0.4, 0.5) is 0 Å². The van der Waals surface area contributed by atoms with Crippen molar-refractivity contribution in [3.63, 3.8) is 0 Å². The number of ether oxygens (including phenoxy) is 1. The standard InChI is InChI=1S/C10H18N2O2/c13-10(12-8-3-4-8)7-11-6-9-2-1-5-14-9/h8-9,11H,1-7H2,(H,12,13)/t9-/m1/s1. The van der Waals surface area contributed by atoms with Crippen molar-refractivity contribution in [2.24, 2.45) is 0 Å². The van der Waals surface area contributed by atoms with Gasteiger partial charge in [-0.3, -0.25) is 4.79 Å². The Morgan fingerprint density at radius 1 is 1.36 bits per heavy atom. The van der Waals surface area contributed by atoms with Crippen molar-refractivity contribution in [1.82, 2.24) is 10.6 Å². The van der Waals surface area contributed by atoms with Crippen molar-refractivity contribution in [2.75, 3.05) is 19.7 Å². The highest BCUT2D eigenvalue weighted by molar-refractivity contribution is 5.78. The molecule has 14 heavy (non-hydrogen) atoms. The number of carbonyl (C=O) groups is 1. The smallest absolute Gasteiger partial charge is 0.234 e. The maximum Gasteiger partial charge on any atom is 0.234 e. The van der Waals surface area contributed by atoms with E-state index in [4.69, 9.17) is 4.74 Å². The van der Waals surface area contributed by atoms with Crippen molar-refractivity contribution < 1.29 is 9.53 Å². The lowest BCUT2D eigenvalue weighted by molar-refractivity contribution is -0.120. The molecule has 0 aromatic rings. The molecule has 0 unspecified atom stereocenters. The summed E-state index contributed by atoms with van der Waals surface area (Å²) in [5.41, 5.74) is 0. The largest absolute Gasteiger partial charge is 0.377 e. The Bertz CT molecular complexity index is 198. The fraction of sp³-hybridized carbons (Fsp3) is 0.900. The zero-order chi connectivity index (χ0) is 9.80. The molecule has 1 saturated heterocycles. The van der Waals surface area contributed by atoms with E-state index in [1.165, 1.54) is 0 Å². The fourth-order valence-electron chi connectivity index (χ4n) is 1.66. The fourth-order valence-corrected chi connectivity index (χ4v) is 1.66. The molecule has 0 bridgehead atoms. The lowest BCUT2D eigenvalue weighted by Crippen LogP contribution is -2.38. The molecule has 1 atom stereocenters. The minimum absolute atomic E-state index is 0.116. The Hall–Kier alpha value is -0.610. The van der Waals surface area contributed by atoms with E-state index < -0.39 is 0 Å². The summed E-state index contributed by atoms with van der Waals surface area (Å²) in [6.45, 7) is 2.11. The normalized spacial score (nSPS) is 26.4. The number of amides is 1. The molecule has 4 nitrogen and oxygen atoms in total. The van der Waals surface area contributed by atoms with Crippen molar-refractivity contribution in [3.8, 4) is 0 Å². The quantitative estimate of drug-likeness (QED) is 0.655. The SMILES string of the molecule is O=C(CNC[C@H]1CCCO1)NC1CC1. The Balaban J connectivity index is 1.50. The van der Waals surface area contributed by atoms with E-state index >= 15 is 0 Å². The molecule has 0 aromatic carbocycles. The highest BCUT2D eigenvalue weighted by atomic mass is 16.5. The third-order valence-electron chi connectivity index (χ3n) is 2.62. The van der Waals surface area contributed by atoms with Crippen molar-refractivity contribution >= 4 is 5.91 Å². The van der Waals surface area contributed by atoms with Crippen LogP contribution in [-0.2, 0) is 9.53 Å². The highest BCUT2D eigenvalue weighted by Gasteiger charge is 2.23. The van der Waals surface area contributed by atoms with Gasteiger partial charge in [-0.25, -0.2) is 0 Å². The van der Waals surface area contributed by atoms with Crippen LogP contribution in [0.3, 0.4) is 0 Å². The zero-order valence-electron chi connectivity index (χ0n) is 8.42. The van der Waals surface area contributed by atoms with Crippen LogP contribution in [0.25, 0.3) is 0 Å². The first-order valence-electron chi connectivity index (χ1n) is 5.46. The van der Waals surface area contributed by atoms with Gasteiger partial charge in [-0.05, 0) is 25.7 Å². The highest BCUT2D eigenvalue weighted by Crippen LogP contribution is 2.18. The molecule has 0 aromatic heterocycles. The molecule has 1 aliphatic heterocycles. The molecule has 0 spiro atoms. The van der Waals surface area contributed by atoms with Crippen molar-refractivity contribution in [1.29, 1.82) is 0 Å². The van der Waals surface area contributed by atoms with Gasteiger partial charge in [0, 0.05) is 19.2 Å². The molecular formula is C10H18N2O2. The van der Waals surface area contributed by atoms with Crippen LogP contribution in [0.15, 0.2) is 0 Å². The van der Waals surface area contributed by atoms with E-state index in [2.05, 4.69) is 10.6 Å². The number of rotatable bonds is 5. The van der Waals surface area contributed by atoms with Crippen LogP contribution in [0.5, 0.6) is 0 Å². The van der Waals surface area contributed by atoms with Gasteiger partial charge in [0.2, 0.25) is 5.91 Å². The molecule has 80 valence electrons. The van der Waals surface area contributed by atoms with E-state index in [1.54, 1.807) is 0 Å². The van der Waals surface area contributed by atoms with Crippen LogP contribution >= 0.6 is 0 Å². The van der Waals surface area contributed by atoms with Gasteiger partial charge in [-0.2, -0.15) is 0 Å². The second-order valence-electron chi connectivity index (χ2n) is 4.11. The number of carbonyl (C=O) groups excluding carboxylic acids is 1. The van der Waals surface area contributed by atoms with Crippen LogP contribution in [-0.4, -0.2) is 37.7 Å². The molecule has 4 heteroatoms. The first-order valence-corrected chi connectivity index (χ1v) is 5.46. The lowest BCUT2D eigenvalue weighted by atomic mass is 10.2.